The van der Waals surface area contributed by atoms with Gasteiger partial charge < -0.3 is 15.8 Å². The molecule has 2 aromatic rings. The fourth-order valence-corrected chi connectivity index (χ4v) is 1.80. The van der Waals surface area contributed by atoms with Crippen LogP contribution in [0.15, 0.2) is 48.7 Å². The summed E-state index contributed by atoms with van der Waals surface area (Å²) in [5.41, 5.74) is 6.70. The molecule has 5 nitrogen and oxygen atoms in total. The summed E-state index contributed by atoms with van der Waals surface area (Å²) in [4.78, 5) is 15.7. The van der Waals surface area contributed by atoms with Gasteiger partial charge >= 0.3 is 12.3 Å². The number of benzene rings is 1. The standard InChI is InChI=1S/C16H15F4N3O2.2ClH/c17-15(18)16(19,20)9-25-12-7-6-11(8-22-12)23-14(24)13(21)10-4-2-1-3-5-10;;/h1-8,13,15H,9,21H2,(H,23,24);2*1H. The van der Waals surface area contributed by atoms with Crippen LogP contribution in [0.3, 0.4) is 0 Å². The van der Waals surface area contributed by atoms with Crippen molar-refractivity contribution in [1.29, 1.82) is 0 Å². The molecule has 0 aliphatic heterocycles. The molecular formula is C16H17Cl2F4N3O2. The maximum atomic E-state index is 12.8. The van der Waals surface area contributed by atoms with E-state index in [0.717, 1.165) is 6.20 Å². The average molecular weight is 430 g/mol. The average Bonchev–Trinajstić information content (AvgIpc) is 2.61. The van der Waals surface area contributed by atoms with Crippen LogP contribution >= 0.6 is 24.8 Å². The van der Waals surface area contributed by atoms with Crippen molar-refractivity contribution in [3.05, 3.63) is 54.2 Å². The minimum Gasteiger partial charge on any atom is -0.471 e. The van der Waals surface area contributed by atoms with Gasteiger partial charge in [-0.15, -0.1) is 24.8 Å². The van der Waals surface area contributed by atoms with Crippen LogP contribution in [0.2, 0.25) is 0 Å². The number of rotatable bonds is 7. The maximum Gasteiger partial charge on any atom is 0.340 e. The van der Waals surface area contributed by atoms with Crippen LogP contribution in [0.4, 0.5) is 23.2 Å². The number of hydrogen-bond acceptors (Lipinski definition) is 4. The van der Waals surface area contributed by atoms with Gasteiger partial charge in [-0.1, -0.05) is 30.3 Å². The lowest BCUT2D eigenvalue weighted by Gasteiger charge is -2.15. The summed E-state index contributed by atoms with van der Waals surface area (Å²) in [6, 6.07) is 10.3. The van der Waals surface area contributed by atoms with E-state index in [1.54, 1.807) is 30.3 Å². The fourth-order valence-electron chi connectivity index (χ4n) is 1.80. The quantitative estimate of drug-likeness (QED) is 0.655. The minimum atomic E-state index is -4.27. The number of amides is 1. The van der Waals surface area contributed by atoms with E-state index >= 15 is 0 Å². The second-order valence-electron chi connectivity index (χ2n) is 5.11. The van der Waals surface area contributed by atoms with Crippen molar-refractivity contribution in [3.63, 3.8) is 0 Å². The maximum absolute atomic E-state index is 12.8. The number of halogens is 6. The first-order valence-corrected chi connectivity index (χ1v) is 7.16. The van der Waals surface area contributed by atoms with Crippen LogP contribution in [-0.4, -0.2) is 29.8 Å². The molecule has 27 heavy (non-hydrogen) atoms. The molecule has 11 heteroatoms. The number of carbonyl (C=O) groups excluding carboxylic acids is 1. The second kappa shape index (κ2) is 10.9. The van der Waals surface area contributed by atoms with Gasteiger partial charge in [0.15, 0.2) is 6.61 Å². The van der Waals surface area contributed by atoms with Crippen molar-refractivity contribution >= 4 is 36.4 Å². The molecule has 0 saturated carbocycles. The van der Waals surface area contributed by atoms with Crippen molar-refractivity contribution in [2.45, 2.75) is 18.4 Å². The van der Waals surface area contributed by atoms with Crippen molar-refractivity contribution in [1.82, 2.24) is 4.98 Å². The van der Waals surface area contributed by atoms with Crippen LogP contribution in [0, 0.1) is 0 Å². The Labute approximate surface area is 165 Å². The van der Waals surface area contributed by atoms with Crippen LogP contribution in [0.25, 0.3) is 0 Å². The number of carbonyl (C=O) groups is 1. The third-order valence-corrected chi connectivity index (χ3v) is 3.18. The zero-order valence-electron chi connectivity index (χ0n) is 13.7. The Bertz CT molecular complexity index is 707. The third-order valence-electron chi connectivity index (χ3n) is 3.18. The first-order valence-electron chi connectivity index (χ1n) is 7.16. The van der Waals surface area contributed by atoms with E-state index in [1.807, 2.05) is 0 Å². The molecule has 0 fully saturated rings. The molecule has 0 radical (unpaired) electrons. The van der Waals surface area contributed by atoms with Crippen molar-refractivity contribution in [2.75, 3.05) is 11.9 Å². The van der Waals surface area contributed by atoms with E-state index in [4.69, 9.17) is 5.73 Å². The van der Waals surface area contributed by atoms with Gasteiger partial charge in [-0.25, -0.2) is 13.8 Å². The van der Waals surface area contributed by atoms with Gasteiger partial charge in [-0.05, 0) is 11.6 Å². The molecule has 1 atom stereocenters. The molecule has 0 saturated heterocycles. The lowest BCUT2D eigenvalue weighted by molar-refractivity contribution is -0.148. The van der Waals surface area contributed by atoms with Crippen LogP contribution in [0.5, 0.6) is 5.88 Å². The molecule has 0 bridgehead atoms. The summed E-state index contributed by atoms with van der Waals surface area (Å²) in [7, 11) is 0. The lowest BCUT2D eigenvalue weighted by atomic mass is 10.1. The number of nitrogens with two attached hydrogens (primary N) is 1. The van der Waals surface area contributed by atoms with Crippen molar-refractivity contribution < 1.29 is 27.1 Å². The third kappa shape index (κ3) is 7.20. The zero-order chi connectivity index (χ0) is 18.4. The highest BCUT2D eigenvalue weighted by molar-refractivity contribution is 5.95. The highest BCUT2D eigenvalue weighted by Crippen LogP contribution is 2.24. The van der Waals surface area contributed by atoms with Gasteiger partial charge in [-0.3, -0.25) is 4.79 Å². The second-order valence-corrected chi connectivity index (χ2v) is 5.11. The van der Waals surface area contributed by atoms with Crippen LogP contribution < -0.4 is 15.8 Å². The van der Waals surface area contributed by atoms with E-state index < -0.39 is 30.9 Å². The number of hydrogen-bond donors (Lipinski definition) is 2. The monoisotopic (exact) mass is 429 g/mol. The first kappa shape index (κ1) is 24.9. The predicted octanol–water partition coefficient (Wildman–Crippen LogP) is 3.84. The normalized spacial score (nSPS) is 11.8. The zero-order valence-corrected chi connectivity index (χ0v) is 15.3. The Morgan fingerprint density at radius 2 is 1.78 bits per heavy atom. The highest BCUT2D eigenvalue weighted by Gasteiger charge is 2.41. The minimum absolute atomic E-state index is 0. The molecule has 1 aromatic heterocycles. The topological polar surface area (TPSA) is 77.2 Å². The number of anilines is 1. The van der Waals surface area contributed by atoms with Gasteiger partial charge in [-0.2, -0.15) is 8.78 Å². The molecule has 3 N–H and O–H groups in total. The van der Waals surface area contributed by atoms with Gasteiger partial charge in [0.05, 0.1) is 11.9 Å². The SMILES string of the molecule is Cl.Cl.NC(C(=O)Nc1ccc(OCC(F)(F)C(F)F)nc1)c1ccccc1. The molecule has 1 amide bonds. The van der Waals surface area contributed by atoms with E-state index in [2.05, 4.69) is 15.0 Å². The molecule has 150 valence electrons. The van der Waals surface area contributed by atoms with Gasteiger partial charge in [0.25, 0.3) is 0 Å². The van der Waals surface area contributed by atoms with Crippen LogP contribution in [-0.2, 0) is 4.79 Å². The van der Waals surface area contributed by atoms with Crippen LogP contribution in [0.1, 0.15) is 11.6 Å². The molecule has 1 heterocycles. The van der Waals surface area contributed by atoms with E-state index in [9.17, 15) is 22.4 Å². The van der Waals surface area contributed by atoms with Gasteiger partial charge in [0.2, 0.25) is 11.8 Å². The molecule has 0 aliphatic carbocycles. The number of aromatic nitrogens is 1. The summed E-state index contributed by atoms with van der Waals surface area (Å²) in [5.74, 6) is -5.03. The molecule has 1 aromatic carbocycles. The fraction of sp³-hybridized carbons (Fsp3) is 0.250. The van der Waals surface area contributed by atoms with Gasteiger partial charge in [0, 0.05) is 6.07 Å². The van der Waals surface area contributed by atoms with Gasteiger partial charge in [0.1, 0.15) is 6.04 Å². The van der Waals surface area contributed by atoms with Crippen molar-refractivity contribution in [2.24, 2.45) is 5.73 Å². The number of ether oxygens (including phenoxy) is 1. The summed E-state index contributed by atoms with van der Waals surface area (Å²) in [5, 5.41) is 2.51. The number of nitrogens with one attached hydrogen (secondary N) is 1. The summed E-state index contributed by atoms with van der Waals surface area (Å²) >= 11 is 0. The summed E-state index contributed by atoms with van der Waals surface area (Å²) in [6.45, 7) is -1.50. The number of alkyl halides is 4. The first-order chi connectivity index (χ1) is 11.8. The Hall–Kier alpha value is -2.10. The smallest absolute Gasteiger partial charge is 0.340 e. The Morgan fingerprint density at radius 3 is 2.30 bits per heavy atom. The molecule has 2 rings (SSSR count). The molecule has 0 aliphatic rings. The highest BCUT2D eigenvalue weighted by atomic mass is 35.5. The Morgan fingerprint density at radius 1 is 1.15 bits per heavy atom. The molecule has 0 spiro atoms. The predicted molar refractivity (Wildman–Crippen MR) is 97.2 cm³/mol. The molecule has 1 unspecified atom stereocenters. The van der Waals surface area contributed by atoms with Crippen molar-refractivity contribution in [3.8, 4) is 5.88 Å². The number of nitrogens with zero attached hydrogens (tertiary/aromatic N) is 1. The summed E-state index contributed by atoms with van der Waals surface area (Å²) in [6.07, 6.45) is -2.68. The van der Waals surface area contributed by atoms with E-state index in [-0.39, 0.29) is 36.4 Å². The Kier molecular flexibility index (Phi) is 10.1. The summed E-state index contributed by atoms with van der Waals surface area (Å²) < 4.78 is 54.1. The lowest BCUT2D eigenvalue weighted by Crippen LogP contribution is -2.33. The van der Waals surface area contributed by atoms with E-state index in [1.165, 1.54) is 12.1 Å². The van der Waals surface area contributed by atoms with E-state index in [0.29, 0.717) is 5.56 Å². The number of pyridine rings is 1. The Balaban J connectivity index is 0.00000338. The largest absolute Gasteiger partial charge is 0.471 e. The molecular weight excluding hydrogens is 413 g/mol.